The smallest absolute Gasteiger partial charge is 0.407 e. The summed E-state index contributed by atoms with van der Waals surface area (Å²) in [4.78, 5) is 61.8. The lowest BCUT2D eigenvalue weighted by Crippen LogP contribution is -2.55. The molecule has 11 heteroatoms. The minimum atomic E-state index is -1.14. The molecule has 0 bridgehead atoms. The zero-order valence-corrected chi connectivity index (χ0v) is 29.1. The molecular weight excluding hydrogens is 622 g/mol. The van der Waals surface area contributed by atoms with Gasteiger partial charge in [-0.1, -0.05) is 82.4 Å². The van der Waals surface area contributed by atoms with E-state index in [1.54, 1.807) is 6.20 Å². The number of ketones is 1. The molecule has 2 aliphatic rings. The highest BCUT2D eigenvalue weighted by Gasteiger charge is 2.37. The van der Waals surface area contributed by atoms with Crippen molar-refractivity contribution >= 4 is 23.7 Å². The molecule has 1 saturated heterocycles. The molecule has 1 aliphatic carbocycles. The highest BCUT2D eigenvalue weighted by atomic mass is 16.4. The van der Waals surface area contributed by atoms with Crippen LogP contribution in [0.25, 0.3) is 0 Å². The molecule has 2 heterocycles. The lowest BCUT2D eigenvalue weighted by atomic mass is 9.81. The topological polar surface area (TPSA) is 165 Å². The first-order chi connectivity index (χ1) is 23.5. The third kappa shape index (κ3) is 11.3. The Labute approximate surface area is 290 Å². The molecule has 0 unspecified atom stereocenters. The number of aromatic nitrogens is 2. The Hall–Kier alpha value is -3.99. The van der Waals surface area contributed by atoms with Crippen LogP contribution in [0.5, 0.6) is 0 Å². The molecule has 2 aromatic rings. The zero-order valence-electron chi connectivity index (χ0n) is 29.1. The molecule has 0 radical (unpaired) electrons. The number of aliphatic hydroxyl groups is 1. The van der Waals surface area contributed by atoms with Crippen molar-refractivity contribution in [2.75, 3.05) is 6.54 Å². The quantitative estimate of drug-likeness (QED) is 0.138. The van der Waals surface area contributed by atoms with Crippen LogP contribution < -0.4 is 10.6 Å². The van der Waals surface area contributed by atoms with Crippen LogP contribution in [0.4, 0.5) is 4.79 Å². The fourth-order valence-electron chi connectivity index (χ4n) is 7.44. The molecule has 11 nitrogen and oxygen atoms in total. The number of likely N-dealkylation sites (tertiary alicyclic amines) is 1. The SMILES string of the molecule is C=C[C@@H](C[C@@H](O)[C@H](CC1CCCCC1)NC(=O)[C@H](Cc1cnc[nH]1)NC(=O)[C@@H](CC(=O)[C@@H]1CCCN1C(=O)O)Cc1ccccc1)C(C)C. The number of H-pyrrole nitrogens is 1. The molecule has 3 amide bonds. The first kappa shape index (κ1) is 37.8. The van der Waals surface area contributed by atoms with Crippen LogP contribution in [0.3, 0.4) is 0 Å². The van der Waals surface area contributed by atoms with Crippen LogP contribution in [0, 0.1) is 23.7 Å². The van der Waals surface area contributed by atoms with Crippen LogP contribution in [0.15, 0.2) is 55.5 Å². The molecule has 49 heavy (non-hydrogen) atoms. The van der Waals surface area contributed by atoms with Crippen molar-refractivity contribution in [3.05, 3.63) is 66.8 Å². The second-order valence-electron chi connectivity index (χ2n) is 14.3. The molecule has 268 valence electrons. The minimum absolute atomic E-state index is 0.0782. The van der Waals surface area contributed by atoms with Gasteiger partial charge in [0.1, 0.15) is 6.04 Å². The summed E-state index contributed by atoms with van der Waals surface area (Å²) in [5.74, 6) is -1.27. The summed E-state index contributed by atoms with van der Waals surface area (Å²) >= 11 is 0. The van der Waals surface area contributed by atoms with Gasteiger partial charge in [-0.3, -0.25) is 19.3 Å². The molecule has 1 aliphatic heterocycles. The summed E-state index contributed by atoms with van der Waals surface area (Å²) in [5, 5.41) is 27.2. The summed E-state index contributed by atoms with van der Waals surface area (Å²) in [6, 6.07) is 7.03. The molecule has 6 atom stereocenters. The van der Waals surface area contributed by atoms with E-state index in [1.165, 1.54) is 12.7 Å². The summed E-state index contributed by atoms with van der Waals surface area (Å²) in [6.45, 7) is 8.43. The van der Waals surface area contributed by atoms with Crippen molar-refractivity contribution < 1.29 is 29.4 Å². The Balaban J connectivity index is 1.56. The number of hydrogen-bond acceptors (Lipinski definition) is 6. The standard InChI is InChI=1S/C38H55N5O6/c1-4-28(25(2)3)20-34(44)31(19-27-14-9-6-10-15-27)41-37(47)32(22-30-23-39-24-40-30)42-36(46)29(18-26-12-7-5-8-13-26)21-35(45)33-16-11-17-43(33)38(48)49/h4-5,7-8,12-13,23-25,27-29,31-34,44H,1,6,9-11,14-22H2,2-3H3,(H,39,40)(H,41,47)(H,42,46)(H,48,49)/t28-,29+,31-,32-,33-,34+/m0/s1. The van der Waals surface area contributed by atoms with Gasteiger partial charge in [0.15, 0.2) is 5.78 Å². The van der Waals surface area contributed by atoms with Gasteiger partial charge in [0.2, 0.25) is 11.8 Å². The molecule has 0 spiro atoms. The number of hydrogen-bond donors (Lipinski definition) is 5. The second-order valence-corrected chi connectivity index (χ2v) is 14.3. The maximum absolute atomic E-state index is 14.2. The van der Waals surface area contributed by atoms with Gasteiger partial charge in [-0.15, -0.1) is 6.58 Å². The molecular formula is C38H55N5O6. The predicted octanol–water partition coefficient (Wildman–Crippen LogP) is 5.06. The number of benzene rings is 1. The number of nitrogens with zero attached hydrogens (tertiary/aromatic N) is 2. The van der Waals surface area contributed by atoms with Gasteiger partial charge in [0.25, 0.3) is 0 Å². The molecule has 2 fully saturated rings. The van der Waals surface area contributed by atoms with Crippen LogP contribution in [0.1, 0.15) is 89.3 Å². The number of carboxylic acid groups (broad SMARTS) is 1. The fourth-order valence-corrected chi connectivity index (χ4v) is 7.44. The number of allylic oxidation sites excluding steroid dienone is 1. The van der Waals surface area contributed by atoms with E-state index in [0.29, 0.717) is 37.3 Å². The zero-order chi connectivity index (χ0) is 35.3. The van der Waals surface area contributed by atoms with Crippen molar-refractivity contribution in [3.63, 3.8) is 0 Å². The monoisotopic (exact) mass is 677 g/mol. The van der Waals surface area contributed by atoms with E-state index in [-0.39, 0.29) is 43.4 Å². The lowest BCUT2D eigenvalue weighted by molar-refractivity contribution is -0.134. The number of aromatic amines is 1. The highest BCUT2D eigenvalue weighted by Crippen LogP contribution is 2.30. The molecule has 1 saturated carbocycles. The van der Waals surface area contributed by atoms with Crippen LogP contribution >= 0.6 is 0 Å². The van der Waals surface area contributed by atoms with Crippen molar-refractivity contribution in [3.8, 4) is 0 Å². The summed E-state index contributed by atoms with van der Waals surface area (Å²) in [6.07, 6.45) is 10.9. The maximum Gasteiger partial charge on any atom is 0.407 e. The first-order valence-electron chi connectivity index (χ1n) is 18.0. The molecule has 1 aromatic carbocycles. The van der Waals surface area contributed by atoms with Gasteiger partial charge >= 0.3 is 6.09 Å². The average Bonchev–Trinajstić information content (AvgIpc) is 3.80. The predicted molar refractivity (Wildman–Crippen MR) is 188 cm³/mol. The van der Waals surface area contributed by atoms with E-state index in [2.05, 4.69) is 41.0 Å². The van der Waals surface area contributed by atoms with Gasteiger partial charge < -0.3 is 25.8 Å². The lowest BCUT2D eigenvalue weighted by Gasteiger charge is -2.33. The number of aliphatic hydroxyl groups excluding tert-OH is 1. The fraction of sp³-hybridized carbons (Fsp3) is 0.605. The summed E-state index contributed by atoms with van der Waals surface area (Å²) < 4.78 is 0. The Morgan fingerprint density at radius 2 is 1.76 bits per heavy atom. The van der Waals surface area contributed by atoms with Crippen LogP contribution in [-0.2, 0) is 27.2 Å². The van der Waals surface area contributed by atoms with E-state index in [4.69, 9.17) is 0 Å². The first-order valence-corrected chi connectivity index (χ1v) is 18.0. The van der Waals surface area contributed by atoms with E-state index in [0.717, 1.165) is 36.1 Å². The molecule has 1 aromatic heterocycles. The third-order valence-corrected chi connectivity index (χ3v) is 10.4. The second kappa shape index (κ2) is 18.7. The van der Waals surface area contributed by atoms with Gasteiger partial charge in [-0.2, -0.15) is 0 Å². The normalized spacial score (nSPS) is 19.8. The number of amides is 3. The van der Waals surface area contributed by atoms with E-state index >= 15 is 0 Å². The average molecular weight is 678 g/mol. The maximum atomic E-state index is 14.2. The van der Waals surface area contributed by atoms with E-state index in [9.17, 15) is 29.4 Å². The van der Waals surface area contributed by atoms with E-state index in [1.807, 2.05) is 36.4 Å². The summed E-state index contributed by atoms with van der Waals surface area (Å²) in [7, 11) is 0. The van der Waals surface area contributed by atoms with E-state index < -0.39 is 48.1 Å². The van der Waals surface area contributed by atoms with Crippen molar-refractivity contribution in [2.24, 2.45) is 23.7 Å². The van der Waals surface area contributed by atoms with Crippen molar-refractivity contribution in [1.29, 1.82) is 0 Å². The van der Waals surface area contributed by atoms with Gasteiger partial charge in [-0.05, 0) is 55.4 Å². The Morgan fingerprint density at radius 1 is 1.02 bits per heavy atom. The van der Waals surface area contributed by atoms with Crippen molar-refractivity contribution in [1.82, 2.24) is 25.5 Å². The molecule has 5 N–H and O–H groups in total. The third-order valence-electron chi connectivity index (χ3n) is 10.4. The highest BCUT2D eigenvalue weighted by molar-refractivity contribution is 5.94. The Bertz CT molecular complexity index is 1360. The van der Waals surface area contributed by atoms with Gasteiger partial charge in [0.05, 0.1) is 24.5 Å². The Morgan fingerprint density at radius 3 is 2.39 bits per heavy atom. The Kier molecular flexibility index (Phi) is 14.4. The number of nitrogens with one attached hydrogen (secondary N) is 3. The van der Waals surface area contributed by atoms with Crippen LogP contribution in [0.2, 0.25) is 0 Å². The number of Topliss-reactive ketones (excluding diaryl/α,β-unsaturated/α-hetero) is 1. The minimum Gasteiger partial charge on any atom is -0.465 e. The van der Waals surface area contributed by atoms with Gasteiger partial charge in [-0.25, -0.2) is 9.78 Å². The number of rotatable bonds is 18. The van der Waals surface area contributed by atoms with Crippen molar-refractivity contribution in [2.45, 2.75) is 115 Å². The summed E-state index contributed by atoms with van der Waals surface area (Å²) in [5.41, 5.74) is 1.50. The van der Waals surface area contributed by atoms with Crippen LogP contribution in [-0.4, -0.2) is 79.5 Å². The molecule has 4 rings (SSSR count). The number of carbonyl (C=O) groups excluding carboxylic acids is 3. The van der Waals surface area contributed by atoms with Gasteiger partial charge in [0, 0.05) is 37.2 Å². The largest absolute Gasteiger partial charge is 0.465 e. The number of carbonyl (C=O) groups is 4. The number of imidazole rings is 1.